The highest BCUT2D eigenvalue weighted by Gasteiger charge is 2.15. The Morgan fingerprint density at radius 1 is 1.58 bits per heavy atom. The Labute approximate surface area is 74.6 Å². The van der Waals surface area contributed by atoms with Crippen LogP contribution in [0.3, 0.4) is 0 Å². The van der Waals surface area contributed by atoms with Crippen molar-refractivity contribution in [3.8, 4) is 0 Å². The third kappa shape index (κ3) is 5.96. The fourth-order valence-electron chi connectivity index (χ4n) is 0.964. The molecule has 0 unspecified atom stereocenters. The van der Waals surface area contributed by atoms with Crippen LogP contribution in [0.1, 0.15) is 33.6 Å². The molecule has 0 aliphatic carbocycles. The Bertz CT molecular complexity index is 159. The Morgan fingerprint density at radius 3 is 2.58 bits per heavy atom. The minimum absolute atomic E-state index is 0.192. The molecule has 0 bridgehead atoms. The molecule has 0 radical (unpaired) electrons. The first-order valence-corrected chi connectivity index (χ1v) is 4.22. The predicted octanol–water partition coefficient (Wildman–Crippen LogP) is 2.54. The normalized spacial score (nSPS) is 10.9. The Hall–Kier alpha value is -0.790. The molecule has 0 aromatic carbocycles. The summed E-state index contributed by atoms with van der Waals surface area (Å²) in [4.78, 5) is 10.4. The van der Waals surface area contributed by atoms with Crippen LogP contribution in [0.15, 0.2) is 12.7 Å². The molecule has 0 amide bonds. The molecular weight excluding hydrogens is 152 g/mol. The number of rotatable bonds is 5. The predicted molar refractivity (Wildman–Crippen MR) is 49.8 cm³/mol. The monoisotopic (exact) mass is 170 g/mol. The van der Waals surface area contributed by atoms with Crippen LogP contribution in [0, 0.1) is 5.41 Å². The number of hydrogen-bond donors (Lipinski definition) is 0. The van der Waals surface area contributed by atoms with Gasteiger partial charge in [0.1, 0.15) is 0 Å². The fourth-order valence-corrected chi connectivity index (χ4v) is 0.964. The van der Waals surface area contributed by atoms with Crippen LogP contribution in [-0.4, -0.2) is 12.6 Å². The van der Waals surface area contributed by atoms with Crippen molar-refractivity contribution in [2.45, 2.75) is 33.6 Å². The van der Waals surface area contributed by atoms with Gasteiger partial charge in [0.2, 0.25) is 0 Å². The maximum Gasteiger partial charge on any atom is 0.302 e. The molecule has 0 N–H and O–H groups in total. The number of carbonyl (C=O) groups excluding carboxylic acids is 1. The van der Waals surface area contributed by atoms with Crippen molar-refractivity contribution >= 4 is 5.97 Å². The smallest absolute Gasteiger partial charge is 0.302 e. The minimum Gasteiger partial charge on any atom is -0.466 e. The van der Waals surface area contributed by atoms with Gasteiger partial charge in [0.15, 0.2) is 0 Å². The second kappa shape index (κ2) is 4.96. The van der Waals surface area contributed by atoms with E-state index in [9.17, 15) is 4.79 Å². The molecule has 2 heteroatoms. The summed E-state index contributed by atoms with van der Waals surface area (Å²) in [5.74, 6) is -0.204. The van der Waals surface area contributed by atoms with Gasteiger partial charge in [-0.15, -0.1) is 6.58 Å². The Balaban J connectivity index is 3.60. The van der Waals surface area contributed by atoms with Crippen molar-refractivity contribution in [2.24, 2.45) is 5.41 Å². The molecule has 0 aromatic heterocycles. The number of esters is 1. The summed E-state index contributed by atoms with van der Waals surface area (Å²) in [5, 5.41) is 0. The van der Waals surface area contributed by atoms with Gasteiger partial charge >= 0.3 is 5.97 Å². The third-order valence-corrected chi connectivity index (χ3v) is 1.78. The summed E-state index contributed by atoms with van der Waals surface area (Å²) in [6.45, 7) is 9.90. The van der Waals surface area contributed by atoms with Crippen LogP contribution in [0.4, 0.5) is 0 Å². The number of allylic oxidation sites excluding steroid dienone is 1. The molecule has 70 valence electrons. The molecule has 0 heterocycles. The molecule has 0 saturated heterocycles. The minimum atomic E-state index is -0.204. The van der Waals surface area contributed by atoms with Gasteiger partial charge < -0.3 is 4.74 Å². The number of hydrogen-bond acceptors (Lipinski definition) is 2. The SMILES string of the molecule is C=CCC(C)(C)CCOC(C)=O. The molecule has 0 rings (SSSR count). The molecule has 0 saturated carbocycles. The van der Waals surface area contributed by atoms with Crippen molar-refractivity contribution in [2.75, 3.05) is 6.61 Å². The van der Waals surface area contributed by atoms with Crippen LogP contribution in [0.2, 0.25) is 0 Å². The summed E-state index contributed by atoms with van der Waals surface area (Å²) < 4.78 is 4.85. The topological polar surface area (TPSA) is 26.3 Å². The molecule has 12 heavy (non-hydrogen) atoms. The molecule has 0 aliphatic rings. The standard InChI is InChI=1S/C10H18O2/c1-5-6-10(3,4)7-8-12-9(2)11/h5H,1,6-8H2,2-4H3. The van der Waals surface area contributed by atoms with E-state index in [1.165, 1.54) is 6.92 Å². The lowest BCUT2D eigenvalue weighted by molar-refractivity contribution is -0.141. The number of carbonyl (C=O) groups is 1. The zero-order valence-corrected chi connectivity index (χ0v) is 8.22. The lowest BCUT2D eigenvalue weighted by Gasteiger charge is -2.21. The Kier molecular flexibility index (Phi) is 4.64. The van der Waals surface area contributed by atoms with Gasteiger partial charge in [0.25, 0.3) is 0 Å². The van der Waals surface area contributed by atoms with Gasteiger partial charge in [-0.1, -0.05) is 19.9 Å². The molecular formula is C10H18O2. The zero-order chi connectivity index (χ0) is 9.61. The van der Waals surface area contributed by atoms with Crippen LogP contribution >= 0.6 is 0 Å². The third-order valence-electron chi connectivity index (χ3n) is 1.78. The summed E-state index contributed by atoms with van der Waals surface area (Å²) in [6.07, 6.45) is 3.74. The maximum atomic E-state index is 10.4. The quantitative estimate of drug-likeness (QED) is 0.468. The van der Waals surface area contributed by atoms with Gasteiger partial charge in [0, 0.05) is 6.92 Å². The average molecular weight is 170 g/mol. The highest BCUT2D eigenvalue weighted by atomic mass is 16.5. The van der Waals surface area contributed by atoms with Gasteiger partial charge in [0.05, 0.1) is 6.61 Å². The second-order valence-electron chi connectivity index (χ2n) is 3.75. The van der Waals surface area contributed by atoms with Crippen LogP contribution in [0.5, 0.6) is 0 Å². The van der Waals surface area contributed by atoms with Gasteiger partial charge in [-0.3, -0.25) is 4.79 Å². The molecule has 0 atom stereocenters. The maximum absolute atomic E-state index is 10.4. The summed E-state index contributed by atoms with van der Waals surface area (Å²) in [7, 11) is 0. The number of ether oxygens (including phenoxy) is 1. The van der Waals surface area contributed by atoms with Gasteiger partial charge in [-0.25, -0.2) is 0 Å². The molecule has 0 aromatic rings. The van der Waals surface area contributed by atoms with Crippen LogP contribution in [0.25, 0.3) is 0 Å². The van der Waals surface area contributed by atoms with Crippen molar-refractivity contribution in [3.05, 3.63) is 12.7 Å². The van der Waals surface area contributed by atoms with E-state index in [-0.39, 0.29) is 11.4 Å². The molecule has 0 aliphatic heterocycles. The van der Waals surface area contributed by atoms with E-state index < -0.39 is 0 Å². The van der Waals surface area contributed by atoms with Crippen molar-refractivity contribution in [1.29, 1.82) is 0 Å². The van der Waals surface area contributed by atoms with E-state index in [0.717, 1.165) is 12.8 Å². The van der Waals surface area contributed by atoms with Gasteiger partial charge in [-0.05, 0) is 18.3 Å². The molecule has 2 nitrogen and oxygen atoms in total. The largest absolute Gasteiger partial charge is 0.466 e. The van der Waals surface area contributed by atoms with E-state index in [0.29, 0.717) is 6.61 Å². The average Bonchev–Trinajstić information content (AvgIpc) is 1.85. The first kappa shape index (κ1) is 11.2. The lowest BCUT2D eigenvalue weighted by Crippen LogP contribution is -2.14. The highest BCUT2D eigenvalue weighted by Crippen LogP contribution is 2.24. The summed E-state index contributed by atoms with van der Waals surface area (Å²) in [5.41, 5.74) is 0.192. The van der Waals surface area contributed by atoms with E-state index in [2.05, 4.69) is 20.4 Å². The summed E-state index contributed by atoms with van der Waals surface area (Å²) >= 11 is 0. The first-order valence-electron chi connectivity index (χ1n) is 4.22. The van der Waals surface area contributed by atoms with E-state index >= 15 is 0 Å². The Morgan fingerprint density at radius 2 is 2.17 bits per heavy atom. The fraction of sp³-hybridized carbons (Fsp3) is 0.700. The van der Waals surface area contributed by atoms with Crippen LogP contribution in [-0.2, 0) is 9.53 Å². The second-order valence-corrected chi connectivity index (χ2v) is 3.75. The van der Waals surface area contributed by atoms with E-state index in [1.54, 1.807) is 0 Å². The zero-order valence-electron chi connectivity index (χ0n) is 8.22. The first-order chi connectivity index (χ1) is 5.48. The highest BCUT2D eigenvalue weighted by molar-refractivity contribution is 5.65. The van der Waals surface area contributed by atoms with Crippen molar-refractivity contribution < 1.29 is 9.53 Å². The molecule has 0 spiro atoms. The van der Waals surface area contributed by atoms with E-state index in [1.807, 2.05) is 6.08 Å². The summed E-state index contributed by atoms with van der Waals surface area (Å²) in [6, 6.07) is 0. The van der Waals surface area contributed by atoms with Crippen molar-refractivity contribution in [3.63, 3.8) is 0 Å². The van der Waals surface area contributed by atoms with Crippen molar-refractivity contribution in [1.82, 2.24) is 0 Å². The van der Waals surface area contributed by atoms with Crippen LogP contribution < -0.4 is 0 Å². The molecule has 0 fully saturated rings. The van der Waals surface area contributed by atoms with E-state index in [4.69, 9.17) is 4.74 Å². The lowest BCUT2D eigenvalue weighted by atomic mass is 9.86. The van der Waals surface area contributed by atoms with Gasteiger partial charge in [-0.2, -0.15) is 0 Å².